The molecule has 0 aliphatic carbocycles. The number of nitrogens with one attached hydrogen (secondary N) is 2. The highest BCUT2D eigenvalue weighted by Crippen LogP contribution is 2.38. The molecule has 6 nitrogen and oxygen atoms in total. The van der Waals surface area contributed by atoms with Crippen molar-refractivity contribution in [1.29, 1.82) is 0 Å². The highest BCUT2D eigenvalue weighted by Gasteiger charge is 2.30. The summed E-state index contributed by atoms with van der Waals surface area (Å²) in [6.45, 7) is 0.564. The zero-order valence-electron chi connectivity index (χ0n) is 13.9. The van der Waals surface area contributed by atoms with Crippen molar-refractivity contribution in [1.82, 2.24) is 5.32 Å². The Bertz CT molecular complexity index is 931. The van der Waals surface area contributed by atoms with Crippen LogP contribution in [0.2, 0.25) is 5.02 Å². The fraction of sp³-hybridized carbons (Fsp3) is 0.278. The molecule has 0 aromatic heterocycles. The van der Waals surface area contributed by atoms with Crippen LogP contribution in [0.3, 0.4) is 0 Å². The normalized spacial score (nSPS) is 17.5. The number of sulfonamides is 1. The fourth-order valence-corrected chi connectivity index (χ4v) is 4.66. The van der Waals surface area contributed by atoms with Crippen molar-refractivity contribution >= 4 is 33.3 Å². The van der Waals surface area contributed by atoms with Gasteiger partial charge < -0.3 is 10.4 Å². The van der Waals surface area contributed by atoms with E-state index >= 15 is 0 Å². The van der Waals surface area contributed by atoms with Gasteiger partial charge in [-0.1, -0.05) is 35.9 Å². The molecule has 26 heavy (non-hydrogen) atoms. The number of halogens is 1. The molecule has 0 spiro atoms. The quantitative estimate of drug-likeness (QED) is 0.653. The van der Waals surface area contributed by atoms with Gasteiger partial charge in [0, 0.05) is 11.4 Å². The molecule has 2 aromatic rings. The molecule has 1 unspecified atom stereocenters. The van der Waals surface area contributed by atoms with E-state index in [-0.39, 0.29) is 17.4 Å². The lowest BCUT2D eigenvalue weighted by Gasteiger charge is -2.20. The molecule has 0 saturated heterocycles. The summed E-state index contributed by atoms with van der Waals surface area (Å²) < 4.78 is 28.1. The number of unbranched alkanes of at least 4 members (excludes halogenated alkanes) is 1. The summed E-state index contributed by atoms with van der Waals surface area (Å²) in [7, 11) is -3.75. The molecule has 8 heteroatoms. The van der Waals surface area contributed by atoms with Crippen LogP contribution in [0.25, 0.3) is 0 Å². The van der Waals surface area contributed by atoms with Gasteiger partial charge >= 0.3 is 5.97 Å². The number of carbonyl (C=O) groups is 1. The summed E-state index contributed by atoms with van der Waals surface area (Å²) in [4.78, 5) is 10.8. The van der Waals surface area contributed by atoms with Gasteiger partial charge in [0.1, 0.15) is 0 Å². The van der Waals surface area contributed by atoms with E-state index in [9.17, 15) is 13.2 Å². The van der Waals surface area contributed by atoms with Gasteiger partial charge in [0.05, 0.1) is 16.6 Å². The van der Waals surface area contributed by atoms with Crippen LogP contribution < -0.4 is 10.0 Å². The second kappa shape index (κ2) is 7.65. The van der Waals surface area contributed by atoms with Crippen LogP contribution in [0.5, 0.6) is 0 Å². The summed E-state index contributed by atoms with van der Waals surface area (Å²) >= 11 is 6.02. The number of para-hydroxylation sites is 1. The summed E-state index contributed by atoms with van der Waals surface area (Å²) in [6, 6.07) is 11.7. The average molecular weight is 395 g/mol. The van der Waals surface area contributed by atoms with E-state index < -0.39 is 16.0 Å². The Hall–Kier alpha value is -2.09. The molecular formula is C18H19ClN2O4S. The molecule has 1 atom stereocenters. The SMILES string of the molecule is O=C(O)CCCCNC1c2ccccc2NS(=O)(=O)c2cc(Cl)ccc21. The Morgan fingerprint density at radius 1 is 1.15 bits per heavy atom. The monoisotopic (exact) mass is 394 g/mol. The van der Waals surface area contributed by atoms with Gasteiger partial charge in [-0.15, -0.1) is 0 Å². The molecule has 0 radical (unpaired) electrons. The minimum atomic E-state index is -3.75. The molecule has 3 N–H and O–H groups in total. The minimum absolute atomic E-state index is 0.116. The summed E-state index contributed by atoms with van der Waals surface area (Å²) in [5.74, 6) is -0.819. The Morgan fingerprint density at radius 3 is 2.69 bits per heavy atom. The number of hydrogen-bond acceptors (Lipinski definition) is 4. The van der Waals surface area contributed by atoms with Gasteiger partial charge in [-0.3, -0.25) is 9.52 Å². The van der Waals surface area contributed by atoms with Gasteiger partial charge in [-0.05, 0) is 48.7 Å². The first-order valence-electron chi connectivity index (χ1n) is 8.25. The van der Waals surface area contributed by atoms with E-state index in [0.29, 0.717) is 35.7 Å². The molecule has 0 fully saturated rings. The number of rotatable bonds is 6. The van der Waals surface area contributed by atoms with E-state index in [2.05, 4.69) is 10.0 Å². The molecule has 2 aromatic carbocycles. The van der Waals surface area contributed by atoms with Crippen LogP contribution in [0.4, 0.5) is 5.69 Å². The Morgan fingerprint density at radius 2 is 1.92 bits per heavy atom. The highest BCUT2D eigenvalue weighted by molar-refractivity contribution is 7.92. The van der Waals surface area contributed by atoms with E-state index in [1.54, 1.807) is 24.3 Å². The molecule has 1 aliphatic rings. The number of benzene rings is 2. The van der Waals surface area contributed by atoms with Gasteiger partial charge in [-0.25, -0.2) is 8.42 Å². The predicted octanol–water partition coefficient (Wildman–Crippen LogP) is 3.39. The van der Waals surface area contributed by atoms with Crippen molar-refractivity contribution in [3.05, 3.63) is 58.6 Å². The van der Waals surface area contributed by atoms with Gasteiger partial charge in [0.15, 0.2) is 0 Å². The third kappa shape index (κ3) is 4.00. The first-order chi connectivity index (χ1) is 12.4. The van der Waals surface area contributed by atoms with Crippen LogP contribution in [0, 0.1) is 0 Å². The molecule has 1 heterocycles. The lowest BCUT2D eigenvalue weighted by molar-refractivity contribution is -0.137. The number of aliphatic carboxylic acids is 1. The van der Waals surface area contributed by atoms with Crippen molar-refractivity contribution < 1.29 is 18.3 Å². The second-order valence-electron chi connectivity index (χ2n) is 6.11. The lowest BCUT2D eigenvalue weighted by Crippen LogP contribution is -2.24. The van der Waals surface area contributed by atoms with Gasteiger partial charge in [0.25, 0.3) is 10.0 Å². The van der Waals surface area contributed by atoms with Gasteiger partial charge in [-0.2, -0.15) is 0 Å². The molecule has 3 rings (SSSR count). The van der Waals surface area contributed by atoms with E-state index in [0.717, 1.165) is 5.56 Å². The van der Waals surface area contributed by atoms with Crippen LogP contribution in [0.15, 0.2) is 47.4 Å². The van der Waals surface area contributed by atoms with Gasteiger partial charge in [0.2, 0.25) is 0 Å². The van der Waals surface area contributed by atoms with Crippen LogP contribution in [0.1, 0.15) is 36.4 Å². The second-order valence-corrected chi connectivity index (χ2v) is 8.20. The summed E-state index contributed by atoms with van der Waals surface area (Å²) in [6.07, 6.45) is 1.35. The number of anilines is 1. The number of carboxylic acids is 1. The average Bonchev–Trinajstić information content (AvgIpc) is 2.67. The summed E-state index contributed by atoms with van der Waals surface area (Å²) in [5.41, 5.74) is 1.95. The molecule has 1 aliphatic heterocycles. The van der Waals surface area contributed by atoms with Crippen molar-refractivity contribution in [2.45, 2.75) is 30.2 Å². The van der Waals surface area contributed by atoms with Crippen molar-refractivity contribution in [3.63, 3.8) is 0 Å². The first-order valence-corrected chi connectivity index (χ1v) is 10.1. The predicted molar refractivity (Wildman–Crippen MR) is 100 cm³/mol. The van der Waals surface area contributed by atoms with E-state index in [1.165, 1.54) is 6.07 Å². The lowest BCUT2D eigenvalue weighted by atomic mass is 9.97. The standard InChI is InChI=1S/C18H19ClN2O4S/c19-12-8-9-14-16(11-12)26(24,25)21-15-6-2-1-5-13(15)18(14)20-10-4-3-7-17(22)23/h1-2,5-6,8-9,11,18,20-21H,3-4,7,10H2,(H,22,23). The molecule has 0 amide bonds. The Kier molecular flexibility index (Phi) is 5.50. The third-order valence-electron chi connectivity index (χ3n) is 4.26. The minimum Gasteiger partial charge on any atom is -0.481 e. The van der Waals surface area contributed by atoms with Crippen molar-refractivity contribution in [3.8, 4) is 0 Å². The molecule has 0 bridgehead atoms. The maximum atomic E-state index is 12.7. The molecular weight excluding hydrogens is 376 g/mol. The van der Waals surface area contributed by atoms with Crippen molar-refractivity contribution in [2.24, 2.45) is 0 Å². The largest absolute Gasteiger partial charge is 0.481 e. The first kappa shape index (κ1) is 18.7. The smallest absolute Gasteiger partial charge is 0.303 e. The Balaban J connectivity index is 1.96. The molecule has 138 valence electrons. The number of carboxylic acid groups (broad SMARTS) is 1. The number of fused-ring (bicyclic) bond motifs is 2. The highest BCUT2D eigenvalue weighted by atomic mass is 35.5. The van der Waals surface area contributed by atoms with E-state index in [1.807, 2.05) is 12.1 Å². The topological polar surface area (TPSA) is 95.5 Å². The van der Waals surface area contributed by atoms with Crippen LogP contribution in [-0.2, 0) is 14.8 Å². The Labute approximate surface area is 157 Å². The zero-order chi connectivity index (χ0) is 18.7. The maximum Gasteiger partial charge on any atom is 0.303 e. The van der Waals surface area contributed by atoms with E-state index in [4.69, 9.17) is 16.7 Å². The van der Waals surface area contributed by atoms with Crippen LogP contribution >= 0.6 is 11.6 Å². The maximum absolute atomic E-state index is 12.7. The van der Waals surface area contributed by atoms with Crippen LogP contribution in [-0.4, -0.2) is 26.0 Å². The summed E-state index contributed by atoms with van der Waals surface area (Å²) in [5, 5.41) is 12.4. The third-order valence-corrected chi connectivity index (χ3v) is 5.91. The van der Waals surface area contributed by atoms with Crippen molar-refractivity contribution in [2.75, 3.05) is 11.3 Å². The molecule has 0 saturated carbocycles. The fourth-order valence-electron chi connectivity index (χ4n) is 3.06. The number of hydrogen-bond donors (Lipinski definition) is 3. The zero-order valence-corrected chi connectivity index (χ0v) is 15.5.